The highest BCUT2D eigenvalue weighted by atomic mass is 16.5. The van der Waals surface area contributed by atoms with Crippen LogP contribution in [0, 0.1) is 19.8 Å². The van der Waals surface area contributed by atoms with Gasteiger partial charge in [-0.2, -0.15) is 0 Å². The number of pyridine rings is 1. The molecule has 1 atom stereocenters. The Kier molecular flexibility index (Phi) is 7.82. The standard InChI is InChI=1S/C24H31N3O3/c1-18-8-5-11-21(16-18)30-15-4-3-12-22(28)27-14-7-10-20(17-27)24(29)26-23-19(2)9-6-13-25-23/h5-6,8-9,11,13,16,20H,3-4,7,10,12,14-15,17H2,1-2H3,(H,25,26,29). The van der Waals surface area contributed by atoms with E-state index in [1.54, 1.807) is 6.20 Å². The highest BCUT2D eigenvalue weighted by molar-refractivity contribution is 5.92. The number of piperidine rings is 1. The number of carbonyl (C=O) groups excluding carboxylic acids is 2. The first-order valence-electron chi connectivity index (χ1n) is 10.7. The molecule has 1 aromatic carbocycles. The van der Waals surface area contributed by atoms with Crippen LogP contribution in [0.1, 0.15) is 43.2 Å². The number of amides is 2. The molecule has 30 heavy (non-hydrogen) atoms. The average Bonchev–Trinajstić information content (AvgIpc) is 2.75. The van der Waals surface area contributed by atoms with Gasteiger partial charge in [0.2, 0.25) is 11.8 Å². The smallest absolute Gasteiger partial charge is 0.230 e. The van der Waals surface area contributed by atoms with Gasteiger partial charge in [0.15, 0.2) is 0 Å². The number of anilines is 1. The summed E-state index contributed by atoms with van der Waals surface area (Å²) in [6, 6.07) is 11.7. The van der Waals surface area contributed by atoms with Gasteiger partial charge in [-0.3, -0.25) is 9.59 Å². The maximum atomic E-state index is 12.6. The number of hydrogen-bond donors (Lipinski definition) is 1. The Morgan fingerprint density at radius 2 is 2.07 bits per heavy atom. The maximum absolute atomic E-state index is 12.6. The normalized spacial score (nSPS) is 16.2. The maximum Gasteiger partial charge on any atom is 0.230 e. The number of nitrogens with zero attached hydrogens (tertiary/aromatic N) is 2. The molecule has 2 amide bonds. The number of carbonyl (C=O) groups is 2. The topological polar surface area (TPSA) is 71.5 Å². The number of hydrogen-bond acceptors (Lipinski definition) is 4. The van der Waals surface area contributed by atoms with Gasteiger partial charge in [0.25, 0.3) is 0 Å². The first kappa shape index (κ1) is 21.8. The van der Waals surface area contributed by atoms with E-state index in [2.05, 4.69) is 10.3 Å². The predicted molar refractivity (Wildman–Crippen MR) is 117 cm³/mol. The molecule has 160 valence electrons. The summed E-state index contributed by atoms with van der Waals surface area (Å²) < 4.78 is 5.75. The fourth-order valence-electron chi connectivity index (χ4n) is 3.68. The number of nitrogens with one attached hydrogen (secondary N) is 1. The summed E-state index contributed by atoms with van der Waals surface area (Å²) in [5, 5.41) is 2.91. The van der Waals surface area contributed by atoms with Gasteiger partial charge in [0.1, 0.15) is 11.6 Å². The van der Waals surface area contributed by atoms with Crippen LogP contribution < -0.4 is 10.1 Å². The largest absolute Gasteiger partial charge is 0.494 e. The van der Waals surface area contributed by atoms with Gasteiger partial charge in [-0.15, -0.1) is 0 Å². The lowest BCUT2D eigenvalue weighted by atomic mass is 9.96. The number of ether oxygens (including phenoxy) is 1. The van der Waals surface area contributed by atoms with E-state index in [0.29, 0.717) is 25.4 Å². The molecule has 0 bridgehead atoms. The van der Waals surface area contributed by atoms with Crippen LogP contribution in [0.15, 0.2) is 42.6 Å². The third-order valence-electron chi connectivity index (χ3n) is 5.44. The third kappa shape index (κ3) is 6.31. The van der Waals surface area contributed by atoms with Gasteiger partial charge in [0.05, 0.1) is 12.5 Å². The molecular formula is C24H31N3O3. The van der Waals surface area contributed by atoms with Crippen molar-refractivity contribution < 1.29 is 14.3 Å². The van der Waals surface area contributed by atoms with E-state index in [1.165, 1.54) is 5.56 Å². The van der Waals surface area contributed by atoms with Crippen LogP contribution in [-0.2, 0) is 9.59 Å². The number of benzene rings is 1. The van der Waals surface area contributed by atoms with Gasteiger partial charge in [-0.05, 0) is 68.9 Å². The zero-order valence-electron chi connectivity index (χ0n) is 17.9. The second kappa shape index (κ2) is 10.8. The zero-order chi connectivity index (χ0) is 21.3. The van der Waals surface area contributed by atoms with Crippen molar-refractivity contribution in [2.24, 2.45) is 5.92 Å². The molecule has 2 heterocycles. The summed E-state index contributed by atoms with van der Waals surface area (Å²) in [7, 11) is 0. The summed E-state index contributed by atoms with van der Waals surface area (Å²) in [5.74, 6) is 1.35. The Labute approximate surface area is 178 Å². The van der Waals surface area contributed by atoms with Gasteiger partial charge in [-0.25, -0.2) is 4.98 Å². The predicted octanol–water partition coefficient (Wildman–Crippen LogP) is 4.12. The van der Waals surface area contributed by atoms with Crippen molar-refractivity contribution in [3.05, 3.63) is 53.7 Å². The minimum absolute atomic E-state index is 0.0548. The lowest BCUT2D eigenvalue weighted by Gasteiger charge is -2.32. The van der Waals surface area contributed by atoms with Gasteiger partial charge >= 0.3 is 0 Å². The highest BCUT2D eigenvalue weighted by Gasteiger charge is 2.28. The van der Waals surface area contributed by atoms with Crippen molar-refractivity contribution in [2.45, 2.75) is 46.0 Å². The molecular weight excluding hydrogens is 378 g/mol. The molecule has 1 unspecified atom stereocenters. The molecule has 6 heteroatoms. The molecule has 0 saturated carbocycles. The minimum atomic E-state index is -0.186. The first-order chi connectivity index (χ1) is 14.5. The Morgan fingerprint density at radius 1 is 1.20 bits per heavy atom. The summed E-state index contributed by atoms with van der Waals surface area (Å²) in [5.41, 5.74) is 2.10. The van der Waals surface area contributed by atoms with E-state index < -0.39 is 0 Å². The van der Waals surface area contributed by atoms with E-state index in [9.17, 15) is 9.59 Å². The van der Waals surface area contributed by atoms with Crippen molar-refractivity contribution in [3.8, 4) is 5.75 Å². The zero-order valence-corrected chi connectivity index (χ0v) is 17.9. The lowest BCUT2D eigenvalue weighted by molar-refractivity contribution is -0.134. The van der Waals surface area contributed by atoms with Crippen LogP contribution in [0.4, 0.5) is 5.82 Å². The molecule has 0 radical (unpaired) electrons. The number of unbranched alkanes of at least 4 members (excludes halogenated alkanes) is 1. The highest BCUT2D eigenvalue weighted by Crippen LogP contribution is 2.20. The molecule has 0 aliphatic carbocycles. The SMILES string of the molecule is Cc1cccc(OCCCCC(=O)N2CCCC(C(=O)Nc3ncccc3C)C2)c1. The molecule has 3 rings (SSSR count). The van der Waals surface area contributed by atoms with Crippen molar-refractivity contribution in [3.63, 3.8) is 0 Å². The Hall–Kier alpha value is -2.89. The molecule has 1 aliphatic heterocycles. The molecule has 6 nitrogen and oxygen atoms in total. The quantitative estimate of drug-likeness (QED) is 0.666. The lowest BCUT2D eigenvalue weighted by Crippen LogP contribution is -2.43. The summed E-state index contributed by atoms with van der Waals surface area (Å²) >= 11 is 0. The van der Waals surface area contributed by atoms with Crippen molar-refractivity contribution >= 4 is 17.6 Å². The van der Waals surface area contributed by atoms with Crippen LogP contribution in [0.5, 0.6) is 5.75 Å². The first-order valence-corrected chi connectivity index (χ1v) is 10.7. The van der Waals surface area contributed by atoms with E-state index in [0.717, 1.165) is 43.5 Å². The average molecular weight is 410 g/mol. The number of likely N-dealkylation sites (tertiary alicyclic amines) is 1. The molecule has 1 N–H and O–H groups in total. The molecule has 1 aromatic heterocycles. The second-order valence-corrected chi connectivity index (χ2v) is 7.96. The molecule has 2 aromatic rings. The Bertz CT molecular complexity index is 868. The van der Waals surface area contributed by atoms with Gasteiger partial charge < -0.3 is 15.0 Å². The minimum Gasteiger partial charge on any atom is -0.494 e. The van der Waals surface area contributed by atoms with Crippen LogP contribution >= 0.6 is 0 Å². The number of rotatable bonds is 8. The van der Waals surface area contributed by atoms with E-state index >= 15 is 0 Å². The van der Waals surface area contributed by atoms with Crippen molar-refractivity contribution in [1.82, 2.24) is 9.88 Å². The summed E-state index contributed by atoms with van der Waals surface area (Å²) in [4.78, 5) is 31.3. The second-order valence-electron chi connectivity index (χ2n) is 7.96. The van der Waals surface area contributed by atoms with Crippen molar-refractivity contribution in [1.29, 1.82) is 0 Å². The molecule has 1 aliphatic rings. The van der Waals surface area contributed by atoms with Gasteiger partial charge in [-0.1, -0.05) is 18.2 Å². The molecule has 1 fully saturated rings. The monoisotopic (exact) mass is 409 g/mol. The Morgan fingerprint density at radius 3 is 2.87 bits per heavy atom. The van der Waals surface area contributed by atoms with Crippen LogP contribution in [0.3, 0.4) is 0 Å². The van der Waals surface area contributed by atoms with Crippen LogP contribution in [0.2, 0.25) is 0 Å². The summed E-state index contributed by atoms with van der Waals surface area (Å²) in [6.45, 7) is 5.77. The Balaban J connectivity index is 1.39. The number of aryl methyl sites for hydroxylation is 2. The van der Waals surface area contributed by atoms with Crippen LogP contribution in [0.25, 0.3) is 0 Å². The van der Waals surface area contributed by atoms with Crippen LogP contribution in [-0.4, -0.2) is 41.4 Å². The van der Waals surface area contributed by atoms with E-state index in [1.807, 2.05) is 55.1 Å². The number of aromatic nitrogens is 1. The fourth-order valence-corrected chi connectivity index (χ4v) is 3.68. The van der Waals surface area contributed by atoms with Crippen molar-refractivity contribution in [2.75, 3.05) is 25.0 Å². The van der Waals surface area contributed by atoms with E-state index in [-0.39, 0.29) is 17.7 Å². The summed E-state index contributed by atoms with van der Waals surface area (Å²) in [6.07, 6.45) is 5.42. The van der Waals surface area contributed by atoms with Gasteiger partial charge in [0, 0.05) is 25.7 Å². The fraction of sp³-hybridized carbons (Fsp3) is 0.458. The van der Waals surface area contributed by atoms with E-state index in [4.69, 9.17) is 4.74 Å². The third-order valence-corrected chi connectivity index (χ3v) is 5.44. The molecule has 1 saturated heterocycles. The molecule has 0 spiro atoms.